The molecule has 5 rings (SSSR count). The first kappa shape index (κ1) is 37.0. The van der Waals surface area contributed by atoms with Gasteiger partial charge in [-0.1, -0.05) is 67.9 Å². The van der Waals surface area contributed by atoms with E-state index < -0.39 is 38.0 Å². The van der Waals surface area contributed by atoms with E-state index in [0.717, 1.165) is 18.6 Å². The van der Waals surface area contributed by atoms with Crippen LogP contribution in [0.2, 0.25) is 0 Å². The van der Waals surface area contributed by atoms with Gasteiger partial charge in [0, 0.05) is 34.8 Å². The van der Waals surface area contributed by atoms with Gasteiger partial charge in [-0.15, -0.1) is 0 Å². The van der Waals surface area contributed by atoms with Crippen LogP contribution >= 0.6 is 15.9 Å². The first-order valence-electron chi connectivity index (χ1n) is 15.8. The van der Waals surface area contributed by atoms with E-state index in [9.17, 15) is 27.7 Å². The summed E-state index contributed by atoms with van der Waals surface area (Å²) in [6, 6.07) is 23.0. The Hall–Kier alpha value is -5.23. The maximum Gasteiger partial charge on any atom is 0.267 e. The molecule has 1 aromatic heterocycles. The number of amides is 2. The van der Waals surface area contributed by atoms with Crippen molar-refractivity contribution in [2.24, 2.45) is 0 Å². The van der Waals surface area contributed by atoms with Crippen LogP contribution in [-0.2, 0) is 32.4 Å². The molecule has 2 N–H and O–H groups in total. The number of unbranched alkanes of at least 4 members (excludes halogenated alkanes) is 1. The van der Waals surface area contributed by atoms with Crippen molar-refractivity contribution in [3.05, 3.63) is 129 Å². The topological polar surface area (TPSA) is 143 Å². The van der Waals surface area contributed by atoms with Crippen LogP contribution in [0.4, 0.5) is 14.5 Å². The number of nitriles is 1. The van der Waals surface area contributed by atoms with Crippen LogP contribution in [-0.4, -0.2) is 43.7 Å². The summed E-state index contributed by atoms with van der Waals surface area (Å²) in [6.07, 6.45) is 1.70. The highest BCUT2D eigenvalue weighted by Crippen LogP contribution is 2.34. The number of carbonyl (C=O) groups is 2. The number of carbonyl (C=O) groups excluding carboxylic acids is 2. The average Bonchev–Trinajstić information content (AvgIpc) is 3.45. The Balaban J connectivity index is 1.64. The van der Waals surface area contributed by atoms with E-state index in [0.29, 0.717) is 45.5 Å². The third kappa shape index (κ3) is 8.23. The predicted octanol–water partition coefficient (Wildman–Crippen LogP) is 7.09. The molecule has 0 spiro atoms. The van der Waals surface area contributed by atoms with E-state index >= 15 is 4.39 Å². The van der Waals surface area contributed by atoms with Crippen molar-refractivity contribution in [3.8, 4) is 22.9 Å². The number of anilines is 1. The summed E-state index contributed by atoms with van der Waals surface area (Å²) in [7, 11) is -3.53. The Kier molecular flexibility index (Phi) is 11.8. The van der Waals surface area contributed by atoms with Crippen LogP contribution in [0.3, 0.4) is 0 Å². The number of hydrogen-bond donors (Lipinski definition) is 2. The number of hydrogen-bond acceptors (Lipinski definition) is 7. The smallest absolute Gasteiger partial charge is 0.267 e. The van der Waals surface area contributed by atoms with Crippen LogP contribution in [0.15, 0.2) is 94.3 Å². The third-order valence-electron chi connectivity index (χ3n) is 7.92. The maximum absolute atomic E-state index is 16.8. The molecule has 10 nitrogen and oxygen atoms in total. The predicted molar refractivity (Wildman–Crippen MR) is 191 cm³/mol. The number of nitrogens with zero attached hydrogens (tertiary/aromatic N) is 3. The fourth-order valence-electron chi connectivity index (χ4n) is 5.50. The van der Waals surface area contributed by atoms with E-state index in [1.54, 1.807) is 48.5 Å². The molecule has 0 aliphatic rings. The Morgan fingerprint density at radius 3 is 2.43 bits per heavy atom. The van der Waals surface area contributed by atoms with Gasteiger partial charge in [0.05, 0.1) is 16.9 Å². The maximum atomic E-state index is 16.8. The quantitative estimate of drug-likeness (QED) is 0.130. The summed E-state index contributed by atoms with van der Waals surface area (Å²) in [4.78, 5) is 24.4. The fourth-order valence-corrected chi connectivity index (χ4v) is 7.21. The van der Waals surface area contributed by atoms with E-state index in [4.69, 9.17) is 9.84 Å². The number of rotatable bonds is 13. The van der Waals surface area contributed by atoms with Crippen molar-refractivity contribution < 1.29 is 31.5 Å². The molecule has 0 bridgehead atoms. The molecule has 0 aliphatic carbocycles. The van der Waals surface area contributed by atoms with Gasteiger partial charge in [-0.05, 0) is 70.2 Å². The zero-order valence-electron chi connectivity index (χ0n) is 27.5. The monoisotopic (exact) mass is 775 g/mol. The van der Waals surface area contributed by atoms with Crippen LogP contribution in [0.25, 0.3) is 16.8 Å². The fraction of sp³-hybridized carbons (Fsp3) is 0.189. The summed E-state index contributed by atoms with van der Waals surface area (Å²) in [5.74, 6) is -3.75. The van der Waals surface area contributed by atoms with Gasteiger partial charge in [-0.2, -0.15) is 10.4 Å². The molecule has 51 heavy (non-hydrogen) atoms. The molecular weight excluding hydrogens is 744 g/mol. The van der Waals surface area contributed by atoms with Crippen LogP contribution in [0.5, 0.6) is 0 Å². The highest BCUT2D eigenvalue weighted by atomic mass is 79.9. The summed E-state index contributed by atoms with van der Waals surface area (Å²) in [5, 5.41) is 17.9. The average molecular weight is 777 g/mol. The number of nitrogens with one attached hydrogen (secondary N) is 2. The Labute approximate surface area is 302 Å². The molecule has 0 fully saturated rings. The first-order valence-corrected chi connectivity index (χ1v) is 18.0. The summed E-state index contributed by atoms with van der Waals surface area (Å²) >= 11 is 3.50. The van der Waals surface area contributed by atoms with E-state index in [1.165, 1.54) is 36.1 Å². The molecule has 1 heterocycles. The van der Waals surface area contributed by atoms with Crippen molar-refractivity contribution in [2.75, 3.05) is 19.0 Å². The number of halogens is 3. The zero-order valence-corrected chi connectivity index (χ0v) is 29.9. The molecular formula is C37H32BrF2N5O5S. The minimum atomic E-state index is -4.93. The molecule has 0 atom stereocenters. The molecule has 4 aromatic carbocycles. The molecule has 262 valence electrons. The standard InChI is InChI=1S/C37H32BrF2N5O5S/c1-3-4-14-31-28(33(21-41)45(43-31)32-20-25(16-18-29(32)38)42-34(46)22-50-2)19-24-15-17-26(23-10-6-5-7-11-23)36(35(24)40)51(48,49)44-37(47)27-12-8-9-13-30(27)39/h5-13,15-18,20H,3-4,14,19,22H2,1-2H3,(H,42,46)(H,44,47). The zero-order chi connectivity index (χ0) is 36.7. The number of benzene rings is 4. The minimum Gasteiger partial charge on any atom is -0.375 e. The lowest BCUT2D eigenvalue weighted by Gasteiger charge is -2.16. The largest absolute Gasteiger partial charge is 0.375 e. The normalized spacial score (nSPS) is 11.2. The second-order valence-electron chi connectivity index (χ2n) is 11.4. The Morgan fingerprint density at radius 2 is 1.75 bits per heavy atom. The van der Waals surface area contributed by atoms with Gasteiger partial charge in [0.1, 0.15) is 34.9 Å². The second-order valence-corrected chi connectivity index (χ2v) is 13.9. The highest BCUT2D eigenvalue weighted by Gasteiger charge is 2.30. The molecule has 0 saturated heterocycles. The van der Waals surface area contributed by atoms with Gasteiger partial charge in [-0.25, -0.2) is 26.6 Å². The van der Waals surface area contributed by atoms with Gasteiger partial charge in [-0.3, -0.25) is 9.59 Å². The van der Waals surface area contributed by atoms with Gasteiger partial charge >= 0.3 is 0 Å². The molecule has 0 unspecified atom stereocenters. The molecule has 0 saturated carbocycles. The number of aryl methyl sites for hydroxylation is 1. The number of methoxy groups -OCH3 is 1. The van der Waals surface area contributed by atoms with Gasteiger partial charge in [0.2, 0.25) is 5.91 Å². The van der Waals surface area contributed by atoms with Gasteiger partial charge < -0.3 is 10.1 Å². The SMILES string of the molecule is CCCCc1nn(-c2cc(NC(=O)COC)ccc2Br)c(C#N)c1Cc1ccc(-c2ccccc2)c(S(=O)(=O)NC(=O)c2ccccc2F)c1F. The second kappa shape index (κ2) is 16.2. The van der Waals surface area contributed by atoms with Gasteiger partial charge in [0.15, 0.2) is 0 Å². The molecule has 2 amide bonds. The van der Waals surface area contributed by atoms with Crippen molar-refractivity contribution in [1.29, 1.82) is 5.26 Å². The van der Waals surface area contributed by atoms with E-state index in [-0.39, 0.29) is 35.8 Å². The highest BCUT2D eigenvalue weighted by molar-refractivity contribution is 9.10. The van der Waals surface area contributed by atoms with Crippen LogP contribution in [0, 0.1) is 23.0 Å². The van der Waals surface area contributed by atoms with Crippen LogP contribution in [0.1, 0.15) is 52.6 Å². The Bertz CT molecular complexity index is 2260. The molecule has 0 radical (unpaired) electrons. The lowest BCUT2D eigenvalue weighted by atomic mass is 9.97. The summed E-state index contributed by atoms with van der Waals surface area (Å²) < 4.78 is 67.6. The summed E-state index contributed by atoms with van der Waals surface area (Å²) in [6.45, 7) is 1.82. The first-order chi connectivity index (χ1) is 24.5. The van der Waals surface area contributed by atoms with Crippen LogP contribution < -0.4 is 10.0 Å². The number of ether oxygens (including phenoxy) is 1. The lowest BCUT2D eigenvalue weighted by Crippen LogP contribution is -2.32. The molecule has 14 heteroatoms. The van der Waals surface area contributed by atoms with E-state index in [1.807, 2.05) is 11.6 Å². The third-order valence-corrected chi connectivity index (χ3v) is 9.98. The number of sulfonamides is 1. The summed E-state index contributed by atoms with van der Waals surface area (Å²) in [5.41, 5.74) is 1.51. The van der Waals surface area contributed by atoms with Crippen molar-refractivity contribution >= 4 is 43.5 Å². The number of aromatic nitrogens is 2. The minimum absolute atomic E-state index is 0.0237. The molecule has 5 aromatic rings. The van der Waals surface area contributed by atoms with E-state index in [2.05, 4.69) is 27.3 Å². The van der Waals surface area contributed by atoms with Crippen molar-refractivity contribution in [1.82, 2.24) is 14.5 Å². The van der Waals surface area contributed by atoms with Gasteiger partial charge in [0.25, 0.3) is 15.9 Å². The lowest BCUT2D eigenvalue weighted by molar-refractivity contribution is -0.119. The molecule has 0 aliphatic heterocycles. The van der Waals surface area contributed by atoms with Crippen molar-refractivity contribution in [3.63, 3.8) is 0 Å². The Morgan fingerprint density at radius 1 is 1.02 bits per heavy atom. The van der Waals surface area contributed by atoms with Crippen molar-refractivity contribution in [2.45, 2.75) is 37.5 Å².